The van der Waals surface area contributed by atoms with Crippen molar-refractivity contribution in [1.82, 2.24) is 0 Å². The average molecular weight is 417 g/mol. The van der Waals surface area contributed by atoms with Gasteiger partial charge < -0.3 is 24.8 Å². The zero-order valence-corrected chi connectivity index (χ0v) is 18.9. The van der Waals surface area contributed by atoms with E-state index in [9.17, 15) is 10.2 Å². The Bertz CT molecular complexity index is 352. The van der Waals surface area contributed by atoms with E-state index < -0.39 is 31.0 Å². The summed E-state index contributed by atoms with van der Waals surface area (Å²) in [5.41, 5.74) is 0. The second-order valence-electron chi connectivity index (χ2n) is 8.75. The summed E-state index contributed by atoms with van der Waals surface area (Å²) in [6.07, 6.45) is 18.5. The number of unbranched alkanes of at least 4 members (excludes halogenated alkanes) is 15. The van der Waals surface area contributed by atoms with E-state index in [1.165, 1.54) is 89.9 Å². The highest BCUT2D eigenvalue weighted by Gasteiger charge is 2.40. The molecule has 174 valence electrons. The molecule has 1 heterocycles. The molecule has 0 radical (unpaired) electrons. The summed E-state index contributed by atoms with van der Waals surface area (Å²) < 4.78 is 11.0. The summed E-state index contributed by atoms with van der Waals surface area (Å²) in [6, 6.07) is 0. The number of ether oxygens (including phenoxy) is 2. The number of aliphatic hydroxyl groups excluding tert-OH is 3. The Hall–Kier alpha value is -0.200. The van der Waals surface area contributed by atoms with Crippen LogP contribution in [0.3, 0.4) is 0 Å². The van der Waals surface area contributed by atoms with Gasteiger partial charge in [-0.05, 0) is 6.42 Å². The van der Waals surface area contributed by atoms with Gasteiger partial charge in [-0.1, -0.05) is 103 Å². The minimum Gasteiger partial charge on any atom is -0.394 e. The van der Waals surface area contributed by atoms with Gasteiger partial charge in [-0.2, -0.15) is 0 Å². The monoisotopic (exact) mass is 416 g/mol. The normalized spacial score (nSPS) is 23.0. The molecule has 29 heavy (non-hydrogen) atoms. The van der Waals surface area contributed by atoms with E-state index in [4.69, 9.17) is 14.6 Å². The minimum absolute atomic E-state index is 0.280. The first kappa shape index (κ1) is 26.8. The Kier molecular flexibility index (Phi) is 17.2. The van der Waals surface area contributed by atoms with Crippen LogP contribution in [-0.4, -0.2) is 59.6 Å². The van der Waals surface area contributed by atoms with Crippen molar-refractivity contribution in [3.8, 4) is 0 Å². The van der Waals surface area contributed by atoms with E-state index in [0.717, 1.165) is 12.8 Å². The number of hydrogen-bond donors (Lipinski definition) is 3. The molecule has 0 unspecified atom stereocenters. The highest BCUT2D eigenvalue weighted by atomic mass is 16.6. The number of hydrogen-bond acceptors (Lipinski definition) is 5. The first-order valence-electron chi connectivity index (χ1n) is 12.4. The topological polar surface area (TPSA) is 79.2 Å². The Labute approximate surface area is 179 Å². The van der Waals surface area contributed by atoms with E-state index in [1.54, 1.807) is 0 Å². The van der Waals surface area contributed by atoms with Gasteiger partial charge in [0.05, 0.1) is 13.2 Å². The fourth-order valence-corrected chi connectivity index (χ4v) is 4.09. The molecule has 1 aliphatic heterocycles. The van der Waals surface area contributed by atoms with Gasteiger partial charge in [0.2, 0.25) is 0 Å². The van der Waals surface area contributed by atoms with Gasteiger partial charge in [-0.15, -0.1) is 0 Å². The van der Waals surface area contributed by atoms with Gasteiger partial charge in [0.1, 0.15) is 24.4 Å². The molecule has 5 heteroatoms. The third-order valence-corrected chi connectivity index (χ3v) is 6.07. The van der Waals surface area contributed by atoms with Crippen molar-refractivity contribution in [3.63, 3.8) is 0 Å². The summed E-state index contributed by atoms with van der Waals surface area (Å²) in [5, 5.41) is 28.6. The molecule has 3 N–H and O–H groups in total. The van der Waals surface area contributed by atoms with Crippen molar-refractivity contribution in [1.29, 1.82) is 0 Å². The third-order valence-electron chi connectivity index (χ3n) is 6.07. The van der Waals surface area contributed by atoms with E-state index in [1.807, 2.05) is 0 Å². The lowest BCUT2D eigenvalue weighted by molar-refractivity contribution is -0.0730. The summed E-state index contributed by atoms with van der Waals surface area (Å²) in [5.74, 6) is 0. The van der Waals surface area contributed by atoms with E-state index in [2.05, 4.69) is 6.92 Å². The molecular formula is C24H48O5. The molecule has 1 rings (SSSR count). The van der Waals surface area contributed by atoms with Crippen LogP contribution in [0.4, 0.5) is 0 Å². The van der Waals surface area contributed by atoms with E-state index >= 15 is 0 Å². The van der Waals surface area contributed by atoms with Crippen LogP contribution in [0, 0.1) is 0 Å². The highest BCUT2D eigenvalue weighted by molar-refractivity contribution is 4.88. The Balaban J connectivity index is 1.79. The Morgan fingerprint density at radius 2 is 1.24 bits per heavy atom. The summed E-state index contributed by atoms with van der Waals surface area (Å²) in [6.45, 7) is 2.76. The van der Waals surface area contributed by atoms with Gasteiger partial charge in [0, 0.05) is 6.61 Å². The average Bonchev–Trinajstić information content (AvgIpc) is 3.10. The Morgan fingerprint density at radius 1 is 0.793 bits per heavy atom. The second kappa shape index (κ2) is 18.6. The van der Waals surface area contributed by atoms with Crippen LogP contribution in [0.15, 0.2) is 0 Å². The zero-order valence-electron chi connectivity index (χ0n) is 18.9. The second-order valence-corrected chi connectivity index (χ2v) is 8.75. The zero-order chi connectivity index (χ0) is 21.2. The largest absolute Gasteiger partial charge is 0.394 e. The van der Waals surface area contributed by atoms with Crippen molar-refractivity contribution >= 4 is 0 Å². The standard InChI is InChI=1S/C24H48O5/c1-2-3-4-5-6-7-8-9-10-11-12-13-14-15-16-17-18-28-22-20-29-24(23(22)27)21(26)19-25/h21-27H,2-20H2,1H3/t21-,22+,23-,24-/m1/s1. The summed E-state index contributed by atoms with van der Waals surface area (Å²) >= 11 is 0. The van der Waals surface area contributed by atoms with E-state index in [-0.39, 0.29) is 6.61 Å². The lowest BCUT2D eigenvalue weighted by Gasteiger charge is -2.20. The molecule has 0 saturated carbocycles. The minimum atomic E-state index is -1.05. The molecule has 1 fully saturated rings. The van der Waals surface area contributed by atoms with Crippen LogP contribution < -0.4 is 0 Å². The lowest BCUT2D eigenvalue weighted by atomic mass is 10.0. The first-order chi connectivity index (χ1) is 14.2. The Morgan fingerprint density at radius 3 is 1.69 bits per heavy atom. The van der Waals surface area contributed by atoms with Gasteiger partial charge >= 0.3 is 0 Å². The fourth-order valence-electron chi connectivity index (χ4n) is 4.09. The van der Waals surface area contributed by atoms with Gasteiger partial charge in [-0.25, -0.2) is 0 Å². The molecule has 0 aromatic heterocycles. The SMILES string of the molecule is CCCCCCCCCCCCCCCCCCO[C@H]1CO[C@H]([C@H](O)CO)[C@@H]1O. The fraction of sp³-hybridized carbons (Fsp3) is 1.00. The molecule has 0 aromatic carbocycles. The molecule has 0 spiro atoms. The molecule has 0 bridgehead atoms. The summed E-state index contributed by atoms with van der Waals surface area (Å²) in [4.78, 5) is 0. The van der Waals surface area contributed by atoms with Crippen LogP contribution in [0.1, 0.15) is 110 Å². The van der Waals surface area contributed by atoms with Crippen LogP contribution in [0.5, 0.6) is 0 Å². The summed E-state index contributed by atoms with van der Waals surface area (Å²) in [7, 11) is 0. The third kappa shape index (κ3) is 13.0. The maximum atomic E-state index is 10.1. The number of rotatable bonds is 20. The number of aliphatic hydroxyl groups is 3. The van der Waals surface area contributed by atoms with Gasteiger partial charge in [0.15, 0.2) is 0 Å². The van der Waals surface area contributed by atoms with Crippen LogP contribution in [-0.2, 0) is 9.47 Å². The van der Waals surface area contributed by atoms with Crippen molar-refractivity contribution in [2.45, 2.75) is 134 Å². The maximum Gasteiger partial charge on any atom is 0.114 e. The lowest BCUT2D eigenvalue weighted by Crippen LogP contribution is -2.41. The van der Waals surface area contributed by atoms with Crippen LogP contribution in [0.25, 0.3) is 0 Å². The van der Waals surface area contributed by atoms with Crippen LogP contribution >= 0.6 is 0 Å². The molecule has 0 amide bonds. The molecule has 1 aliphatic rings. The van der Waals surface area contributed by atoms with Gasteiger partial charge in [0.25, 0.3) is 0 Å². The predicted molar refractivity (Wildman–Crippen MR) is 118 cm³/mol. The highest BCUT2D eigenvalue weighted by Crippen LogP contribution is 2.21. The van der Waals surface area contributed by atoms with E-state index in [0.29, 0.717) is 6.61 Å². The maximum absolute atomic E-state index is 10.1. The van der Waals surface area contributed by atoms with Crippen molar-refractivity contribution < 1.29 is 24.8 Å². The van der Waals surface area contributed by atoms with Crippen molar-refractivity contribution in [3.05, 3.63) is 0 Å². The quantitative estimate of drug-likeness (QED) is 0.250. The molecule has 0 aliphatic carbocycles. The molecular weight excluding hydrogens is 368 g/mol. The van der Waals surface area contributed by atoms with Gasteiger partial charge in [-0.3, -0.25) is 0 Å². The molecule has 5 nitrogen and oxygen atoms in total. The first-order valence-corrected chi connectivity index (χ1v) is 12.4. The molecule has 0 aromatic rings. The van der Waals surface area contributed by atoms with Crippen molar-refractivity contribution in [2.75, 3.05) is 19.8 Å². The molecule has 4 atom stereocenters. The molecule has 1 saturated heterocycles. The predicted octanol–water partition coefficient (Wildman–Crippen LogP) is 4.75. The van der Waals surface area contributed by atoms with Crippen molar-refractivity contribution in [2.24, 2.45) is 0 Å². The smallest absolute Gasteiger partial charge is 0.114 e. The van der Waals surface area contributed by atoms with Crippen LogP contribution in [0.2, 0.25) is 0 Å².